The van der Waals surface area contributed by atoms with Crippen molar-refractivity contribution in [2.45, 2.75) is 25.7 Å². The first-order chi connectivity index (χ1) is 13.1. The van der Waals surface area contributed by atoms with Crippen molar-refractivity contribution in [1.29, 1.82) is 0 Å². The number of halogens is 1. The number of nitrogens with one attached hydrogen (secondary N) is 1. The van der Waals surface area contributed by atoms with E-state index in [2.05, 4.69) is 17.4 Å². The third-order valence-electron chi connectivity index (χ3n) is 4.97. The van der Waals surface area contributed by atoms with Crippen LogP contribution >= 0.6 is 11.6 Å². The number of hydrogen-bond acceptors (Lipinski definition) is 4. The van der Waals surface area contributed by atoms with E-state index in [-0.39, 0.29) is 12.3 Å². The third kappa shape index (κ3) is 3.35. The summed E-state index contributed by atoms with van der Waals surface area (Å²) in [6.45, 7) is 0. The minimum Gasteiger partial charge on any atom is -0.495 e. The van der Waals surface area contributed by atoms with Gasteiger partial charge in [0.1, 0.15) is 17.1 Å². The van der Waals surface area contributed by atoms with Gasteiger partial charge in [0.15, 0.2) is 0 Å². The van der Waals surface area contributed by atoms with Gasteiger partial charge in [0.2, 0.25) is 5.91 Å². The van der Waals surface area contributed by atoms with Gasteiger partial charge in [-0.1, -0.05) is 11.6 Å². The van der Waals surface area contributed by atoms with Gasteiger partial charge in [0.05, 0.1) is 37.6 Å². The highest BCUT2D eigenvalue weighted by atomic mass is 35.5. The number of fused-ring (bicyclic) bond motifs is 2. The van der Waals surface area contributed by atoms with Crippen LogP contribution in [0, 0.1) is 0 Å². The van der Waals surface area contributed by atoms with Crippen molar-refractivity contribution < 1.29 is 18.7 Å². The number of amides is 1. The third-order valence-corrected chi connectivity index (χ3v) is 5.26. The Morgan fingerprint density at radius 1 is 1.11 bits per heavy atom. The predicted molar refractivity (Wildman–Crippen MR) is 105 cm³/mol. The number of anilines is 1. The Balaban J connectivity index is 1.58. The second-order valence-electron chi connectivity index (χ2n) is 6.64. The second kappa shape index (κ2) is 7.16. The minimum atomic E-state index is -0.166. The van der Waals surface area contributed by atoms with Gasteiger partial charge >= 0.3 is 0 Å². The van der Waals surface area contributed by atoms with Crippen molar-refractivity contribution in [2.24, 2.45) is 0 Å². The molecule has 1 amide bonds. The van der Waals surface area contributed by atoms with E-state index in [1.165, 1.54) is 31.8 Å². The van der Waals surface area contributed by atoms with Crippen molar-refractivity contribution >= 4 is 34.2 Å². The standard InChI is InChI=1S/C21H20ClNO4/c1-25-19-10-17(20(26-2)9-16(19)22)23-21(24)8-14-11-27-18-7-13-5-3-4-12(13)6-15(14)18/h6-7,9-11H,3-5,8H2,1-2H3,(H,23,24). The van der Waals surface area contributed by atoms with Gasteiger partial charge in [-0.3, -0.25) is 4.79 Å². The molecule has 0 saturated carbocycles. The van der Waals surface area contributed by atoms with Crippen molar-refractivity contribution in [3.63, 3.8) is 0 Å². The van der Waals surface area contributed by atoms with Crippen LogP contribution in [0.1, 0.15) is 23.1 Å². The van der Waals surface area contributed by atoms with E-state index in [0.717, 1.165) is 29.4 Å². The summed E-state index contributed by atoms with van der Waals surface area (Å²) in [6, 6.07) is 7.54. The number of rotatable bonds is 5. The van der Waals surface area contributed by atoms with Crippen LogP contribution in [0.25, 0.3) is 11.0 Å². The molecule has 0 unspecified atom stereocenters. The number of carbonyl (C=O) groups is 1. The minimum absolute atomic E-state index is 0.166. The molecule has 3 aromatic rings. The summed E-state index contributed by atoms with van der Waals surface area (Å²) < 4.78 is 16.2. The van der Waals surface area contributed by atoms with Gasteiger partial charge in [-0.15, -0.1) is 0 Å². The molecule has 1 aliphatic carbocycles. The fraction of sp³-hybridized carbons (Fsp3) is 0.286. The number of methoxy groups -OCH3 is 2. The largest absolute Gasteiger partial charge is 0.495 e. The van der Waals surface area contributed by atoms with Crippen LogP contribution in [0.4, 0.5) is 5.69 Å². The van der Waals surface area contributed by atoms with Crippen LogP contribution in [-0.2, 0) is 24.1 Å². The zero-order chi connectivity index (χ0) is 19.0. The molecule has 1 N–H and O–H groups in total. The molecule has 140 valence electrons. The van der Waals surface area contributed by atoms with E-state index < -0.39 is 0 Å². The molecule has 1 aromatic heterocycles. The van der Waals surface area contributed by atoms with Crippen LogP contribution in [0.15, 0.2) is 34.9 Å². The first-order valence-electron chi connectivity index (χ1n) is 8.82. The zero-order valence-corrected chi connectivity index (χ0v) is 16.0. The van der Waals surface area contributed by atoms with Gasteiger partial charge in [-0.05, 0) is 42.5 Å². The topological polar surface area (TPSA) is 60.7 Å². The summed E-state index contributed by atoms with van der Waals surface area (Å²) in [5, 5.41) is 4.30. The van der Waals surface area contributed by atoms with E-state index in [4.69, 9.17) is 25.5 Å². The second-order valence-corrected chi connectivity index (χ2v) is 7.05. The van der Waals surface area contributed by atoms with Crippen LogP contribution in [0.2, 0.25) is 5.02 Å². The van der Waals surface area contributed by atoms with E-state index in [0.29, 0.717) is 22.2 Å². The maximum absolute atomic E-state index is 12.6. The predicted octanol–water partition coefficient (Wildman–Crippen LogP) is 4.77. The molecule has 0 aliphatic heterocycles. The molecule has 0 fully saturated rings. The van der Waals surface area contributed by atoms with Gasteiger partial charge in [-0.2, -0.15) is 0 Å². The Labute approximate surface area is 162 Å². The molecular weight excluding hydrogens is 366 g/mol. The van der Waals surface area contributed by atoms with Gasteiger partial charge < -0.3 is 19.2 Å². The highest BCUT2D eigenvalue weighted by Crippen LogP contribution is 2.36. The maximum atomic E-state index is 12.6. The fourth-order valence-electron chi connectivity index (χ4n) is 3.61. The zero-order valence-electron chi connectivity index (χ0n) is 15.2. The average Bonchev–Trinajstić information content (AvgIpc) is 3.27. The molecule has 6 heteroatoms. The Bertz CT molecular complexity index is 1020. The molecule has 1 aliphatic rings. The normalized spacial score (nSPS) is 12.9. The van der Waals surface area contributed by atoms with Crippen molar-refractivity contribution in [3.8, 4) is 11.5 Å². The maximum Gasteiger partial charge on any atom is 0.229 e. The van der Waals surface area contributed by atoms with Gasteiger partial charge in [0.25, 0.3) is 0 Å². The molecule has 2 aromatic carbocycles. The SMILES string of the molecule is COc1cc(NC(=O)Cc2coc3cc4c(cc23)CCC4)c(OC)cc1Cl. The summed E-state index contributed by atoms with van der Waals surface area (Å²) in [5.74, 6) is 0.780. The molecule has 5 nitrogen and oxygen atoms in total. The summed E-state index contributed by atoms with van der Waals surface area (Å²) >= 11 is 6.11. The number of hydrogen-bond donors (Lipinski definition) is 1. The number of furan rings is 1. The molecule has 27 heavy (non-hydrogen) atoms. The first-order valence-corrected chi connectivity index (χ1v) is 9.20. The Morgan fingerprint density at radius 3 is 2.59 bits per heavy atom. The quantitative estimate of drug-likeness (QED) is 0.687. The van der Waals surface area contributed by atoms with E-state index in [1.54, 1.807) is 18.4 Å². The Kier molecular flexibility index (Phi) is 4.70. The molecule has 1 heterocycles. The van der Waals surface area contributed by atoms with Crippen LogP contribution in [0.3, 0.4) is 0 Å². The number of benzene rings is 2. The van der Waals surface area contributed by atoms with E-state index in [9.17, 15) is 4.79 Å². The summed E-state index contributed by atoms with van der Waals surface area (Å²) in [5.41, 5.74) is 4.93. The Hall–Kier alpha value is -2.66. The molecule has 4 rings (SSSR count). The van der Waals surface area contributed by atoms with Gasteiger partial charge in [0, 0.05) is 23.1 Å². The summed E-state index contributed by atoms with van der Waals surface area (Å²) in [4.78, 5) is 12.6. The lowest BCUT2D eigenvalue weighted by molar-refractivity contribution is -0.115. The smallest absolute Gasteiger partial charge is 0.229 e. The van der Waals surface area contributed by atoms with E-state index in [1.807, 2.05) is 0 Å². The van der Waals surface area contributed by atoms with Crippen LogP contribution in [0.5, 0.6) is 11.5 Å². The summed E-state index contributed by atoms with van der Waals surface area (Å²) in [7, 11) is 3.05. The molecule has 0 saturated heterocycles. The lowest BCUT2D eigenvalue weighted by Gasteiger charge is -2.13. The van der Waals surface area contributed by atoms with Crippen LogP contribution < -0.4 is 14.8 Å². The first kappa shape index (κ1) is 17.7. The van der Waals surface area contributed by atoms with E-state index >= 15 is 0 Å². The molecule has 0 radical (unpaired) electrons. The van der Waals surface area contributed by atoms with Crippen molar-refractivity contribution in [1.82, 2.24) is 0 Å². The highest BCUT2D eigenvalue weighted by molar-refractivity contribution is 6.32. The number of ether oxygens (including phenoxy) is 2. The molecule has 0 atom stereocenters. The molecular formula is C21H20ClNO4. The average molecular weight is 386 g/mol. The molecule has 0 bridgehead atoms. The Morgan fingerprint density at radius 2 is 1.85 bits per heavy atom. The highest BCUT2D eigenvalue weighted by Gasteiger charge is 2.18. The fourth-order valence-corrected chi connectivity index (χ4v) is 3.84. The van der Waals surface area contributed by atoms with Crippen molar-refractivity contribution in [3.05, 3.63) is 52.2 Å². The number of aryl methyl sites for hydroxylation is 2. The lowest BCUT2D eigenvalue weighted by atomic mass is 10.0. The van der Waals surface area contributed by atoms with Crippen LogP contribution in [-0.4, -0.2) is 20.1 Å². The lowest BCUT2D eigenvalue weighted by Crippen LogP contribution is -2.15. The van der Waals surface area contributed by atoms with Crippen molar-refractivity contribution in [2.75, 3.05) is 19.5 Å². The summed E-state index contributed by atoms with van der Waals surface area (Å²) in [6.07, 6.45) is 5.23. The monoisotopic (exact) mass is 385 g/mol. The molecule has 0 spiro atoms. The van der Waals surface area contributed by atoms with Gasteiger partial charge in [-0.25, -0.2) is 0 Å². The number of carbonyl (C=O) groups excluding carboxylic acids is 1.